The summed E-state index contributed by atoms with van der Waals surface area (Å²) in [6.45, 7) is 5.86. The second-order valence-electron chi connectivity index (χ2n) is 6.13. The molecule has 10 heteroatoms. The summed E-state index contributed by atoms with van der Waals surface area (Å²) in [5, 5.41) is 0. The number of anilines is 4. The van der Waals surface area contributed by atoms with E-state index in [1.165, 1.54) is 0 Å². The van der Waals surface area contributed by atoms with E-state index in [-0.39, 0.29) is 11.8 Å². The highest BCUT2D eigenvalue weighted by Crippen LogP contribution is 2.27. The minimum absolute atomic E-state index is 0.129. The van der Waals surface area contributed by atoms with Crippen LogP contribution in [0.3, 0.4) is 0 Å². The van der Waals surface area contributed by atoms with Gasteiger partial charge in [-0.05, 0) is 0 Å². The Morgan fingerprint density at radius 1 is 0.808 bits per heavy atom. The first-order chi connectivity index (χ1) is 12.7. The molecular formula is C16H22N8O2. The summed E-state index contributed by atoms with van der Waals surface area (Å²) < 4.78 is 10.9. The van der Waals surface area contributed by atoms with Crippen molar-refractivity contribution in [3.05, 3.63) is 12.3 Å². The largest absolute Gasteiger partial charge is 0.383 e. The second-order valence-corrected chi connectivity index (χ2v) is 6.13. The van der Waals surface area contributed by atoms with E-state index in [1.54, 1.807) is 6.20 Å². The fraction of sp³-hybridized carbons (Fsp3) is 0.500. The Kier molecular flexibility index (Phi) is 4.67. The number of hydrogen-bond acceptors (Lipinski definition) is 10. The van der Waals surface area contributed by atoms with E-state index >= 15 is 0 Å². The lowest BCUT2D eigenvalue weighted by Crippen LogP contribution is -2.39. The molecule has 0 amide bonds. The molecule has 2 aromatic heterocycles. The second kappa shape index (κ2) is 7.26. The average Bonchev–Trinajstić information content (AvgIpc) is 2.69. The number of hydrogen-bond donors (Lipinski definition) is 2. The van der Waals surface area contributed by atoms with Gasteiger partial charge in [0.2, 0.25) is 5.95 Å². The van der Waals surface area contributed by atoms with Crippen molar-refractivity contribution in [3.63, 3.8) is 0 Å². The summed E-state index contributed by atoms with van der Waals surface area (Å²) in [6, 6.07) is 2.01. The molecule has 2 saturated heterocycles. The molecular weight excluding hydrogens is 336 g/mol. The Morgan fingerprint density at radius 3 is 1.85 bits per heavy atom. The third-order valence-corrected chi connectivity index (χ3v) is 4.45. The van der Waals surface area contributed by atoms with Gasteiger partial charge in [-0.1, -0.05) is 0 Å². The number of ether oxygens (including phenoxy) is 2. The summed E-state index contributed by atoms with van der Waals surface area (Å²) in [5.74, 6) is 2.58. The van der Waals surface area contributed by atoms with Crippen molar-refractivity contribution >= 4 is 23.4 Å². The van der Waals surface area contributed by atoms with E-state index in [0.717, 1.165) is 37.8 Å². The number of nitrogens with zero attached hydrogens (tertiary/aromatic N) is 6. The van der Waals surface area contributed by atoms with Crippen molar-refractivity contribution in [2.75, 3.05) is 73.9 Å². The third kappa shape index (κ3) is 3.46. The average molecular weight is 358 g/mol. The van der Waals surface area contributed by atoms with Crippen molar-refractivity contribution in [2.45, 2.75) is 0 Å². The quantitative estimate of drug-likeness (QED) is 0.759. The minimum Gasteiger partial charge on any atom is -0.383 e. The molecule has 10 nitrogen and oxygen atoms in total. The van der Waals surface area contributed by atoms with Gasteiger partial charge >= 0.3 is 0 Å². The number of rotatable bonds is 3. The number of aromatic nitrogens is 4. The normalized spacial score (nSPS) is 18.2. The first-order valence-electron chi connectivity index (χ1n) is 8.63. The number of nitrogen functional groups attached to an aromatic ring is 2. The minimum atomic E-state index is 0.129. The Hall–Kier alpha value is -2.72. The molecule has 4 N–H and O–H groups in total. The Balaban J connectivity index is 1.76. The smallest absolute Gasteiger partial charge is 0.221 e. The Bertz CT molecular complexity index is 739. The highest BCUT2D eigenvalue weighted by molar-refractivity contribution is 5.71. The van der Waals surface area contributed by atoms with Gasteiger partial charge in [-0.15, -0.1) is 0 Å². The zero-order valence-corrected chi connectivity index (χ0v) is 14.5. The first-order valence-corrected chi connectivity index (χ1v) is 8.63. The highest BCUT2D eigenvalue weighted by Gasteiger charge is 2.20. The predicted octanol–water partition coefficient (Wildman–Crippen LogP) is -0.229. The van der Waals surface area contributed by atoms with Crippen LogP contribution in [0.2, 0.25) is 0 Å². The van der Waals surface area contributed by atoms with Gasteiger partial charge in [-0.25, -0.2) is 15.0 Å². The lowest BCUT2D eigenvalue weighted by atomic mass is 10.2. The maximum atomic E-state index is 6.03. The summed E-state index contributed by atoms with van der Waals surface area (Å²) in [7, 11) is 0. The van der Waals surface area contributed by atoms with Gasteiger partial charge in [-0.2, -0.15) is 4.98 Å². The molecule has 0 saturated carbocycles. The van der Waals surface area contributed by atoms with Crippen LogP contribution < -0.4 is 21.3 Å². The van der Waals surface area contributed by atoms with E-state index in [9.17, 15) is 0 Å². The van der Waals surface area contributed by atoms with E-state index < -0.39 is 0 Å². The molecule has 138 valence electrons. The molecule has 0 bridgehead atoms. The molecule has 0 aromatic carbocycles. The molecule has 0 spiro atoms. The lowest BCUT2D eigenvalue weighted by Gasteiger charge is -2.31. The van der Waals surface area contributed by atoms with Crippen LogP contribution in [0.1, 0.15) is 0 Å². The zero-order valence-electron chi connectivity index (χ0n) is 14.5. The third-order valence-electron chi connectivity index (χ3n) is 4.45. The van der Waals surface area contributed by atoms with Gasteiger partial charge in [-0.3, -0.25) is 0 Å². The maximum absolute atomic E-state index is 6.03. The zero-order chi connectivity index (χ0) is 17.9. The maximum Gasteiger partial charge on any atom is 0.221 e. The van der Waals surface area contributed by atoms with E-state index in [4.69, 9.17) is 30.9 Å². The highest BCUT2D eigenvalue weighted by atomic mass is 16.5. The number of morpholine rings is 2. The van der Waals surface area contributed by atoms with Crippen LogP contribution in [0.4, 0.5) is 23.4 Å². The standard InChI is InChI=1S/C16H22N8O2/c17-14-11(10-19-16(18)22-14)15-20-12(23-1-5-25-6-2-23)9-13(21-15)24-3-7-26-8-4-24/h9-10H,1-8H2,(H4,17,18,19,22). The summed E-state index contributed by atoms with van der Waals surface area (Å²) in [6.07, 6.45) is 1.57. The SMILES string of the molecule is Nc1ncc(-c2nc(N3CCOCC3)cc(N3CCOCC3)n2)c(N)n1. The Labute approximate surface area is 151 Å². The lowest BCUT2D eigenvalue weighted by molar-refractivity contribution is 0.122. The molecule has 2 aliphatic heterocycles. The molecule has 0 radical (unpaired) electrons. The molecule has 0 aliphatic carbocycles. The van der Waals surface area contributed by atoms with Crippen molar-refractivity contribution in [3.8, 4) is 11.4 Å². The monoisotopic (exact) mass is 358 g/mol. The van der Waals surface area contributed by atoms with Gasteiger partial charge in [0.05, 0.1) is 32.0 Å². The van der Waals surface area contributed by atoms with Crippen LogP contribution in [0.5, 0.6) is 0 Å². The van der Waals surface area contributed by atoms with Crippen molar-refractivity contribution in [2.24, 2.45) is 0 Å². The fourth-order valence-electron chi connectivity index (χ4n) is 3.03. The molecule has 2 fully saturated rings. The molecule has 4 heterocycles. The van der Waals surface area contributed by atoms with Crippen molar-refractivity contribution < 1.29 is 9.47 Å². The van der Waals surface area contributed by atoms with Crippen LogP contribution in [-0.4, -0.2) is 72.5 Å². The fourth-order valence-corrected chi connectivity index (χ4v) is 3.03. The number of nitrogens with two attached hydrogens (primary N) is 2. The van der Waals surface area contributed by atoms with Gasteiger partial charge in [0.1, 0.15) is 17.5 Å². The molecule has 2 aliphatic rings. The van der Waals surface area contributed by atoms with Gasteiger partial charge < -0.3 is 30.7 Å². The van der Waals surface area contributed by atoms with Crippen LogP contribution in [-0.2, 0) is 9.47 Å². The van der Waals surface area contributed by atoms with Crippen LogP contribution in [0.15, 0.2) is 12.3 Å². The first kappa shape index (κ1) is 16.7. The van der Waals surface area contributed by atoms with Crippen LogP contribution >= 0.6 is 0 Å². The summed E-state index contributed by atoms with van der Waals surface area (Å²) in [5.41, 5.74) is 12.2. The van der Waals surface area contributed by atoms with Crippen molar-refractivity contribution in [1.82, 2.24) is 19.9 Å². The molecule has 0 unspecified atom stereocenters. The molecule has 4 rings (SSSR count). The van der Waals surface area contributed by atoms with Crippen molar-refractivity contribution in [1.29, 1.82) is 0 Å². The Morgan fingerprint density at radius 2 is 1.35 bits per heavy atom. The summed E-state index contributed by atoms with van der Waals surface area (Å²) >= 11 is 0. The molecule has 0 atom stereocenters. The van der Waals surface area contributed by atoms with Gasteiger partial charge in [0.25, 0.3) is 0 Å². The van der Waals surface area contributed by atoms with E-state index in [0.29, 0.717) is 37.8 Å². The van der Waals surface area contributed by atoms with Crippen LogP contribution in [0.25, 0.3) is 11.4 Å². The van der Waals surface area contributed by atoms with Gasteiger partial charge in [0.15, 0.2) is 5.82 Å². The van der Waals surface area contributed by atoms with Crippen LogP contribution in [0, 0.1) is 0 Å². The summed E-state index contributed by atoms with van der Waals surface area (Å²) in [4.78, 5) is 21.9. The van der Waals surface area contributed by atoms with E-state index in [2.05, 4.69) is 19.8 Å². The van der Waals surface area contributed by atoms with Gasteiger partial charge in [0, 0.05) is 38.4 Å². The topological polar surface area (TPSA) is 129 Å². The molecule has 2 aromatic rings. The van der Waals surface area contributed by atoms with E-state index in [1.807, 2.05) is 6.07 Å². The molecule has 26 heavy (non-hydrogen) atoms. The predicted molar refractivity (Wildman–Crippen MR) is 97.9 cm³/mol.